The Kier molecular flexibility index (Phi) is 5.48. The second-order valence-electron chi connectivity index (χ2n) is 3.85. The first-order valence-electron chi connectivity index (χ1n) is 5.32. The summed E-state index contributed by atoms with van der Waals surface area (Å²) in [5.74, 6) is -1.37. The van der Waals surface area contributed by atoms with Gasteiger partial charge in [-0.1, -0.05) is 0 Å². The minimum absolute atomic E-state index is 0.138. The fourth-order valence-corrected chi connectivity index (χ4v) is 1.56. The number of halogens is 7. The second-order valence-corrected chi connectivity index (χ2v) is 4.70. The van der Waals surface area contributed by atoms with Gasteiger partial charge in [0.15, 0.2) is 6.61 Å². The Morgan fingerprint density at radius 2 is 1.76 bits per heavy atom. The van der Waals surface area contributed by atoms with Gasteiger partial charge in [0.25, 0.3) is 5.91 Å². The standard InChI is InChI=1S/C11H8BrF6NO2/c12-7-2-1-6(9(20)19-4-10(13,14)15)3-8(7)21-5-11(16,17)18/h1-3H,4-5H2,(H,19,20). The number of amides is 1. The molecule has 0 bridgehead atoms. The molecule has 0 atom stereocenters. The number of carbonyl (C=O) groups excluding carboxylic acids is 1. The van der Waals surface area contributed by atoms with Crippen LogP contribution in [0.15, 0.2) is 22.7 Å². The highest BCUT2D eigenvalue weighted by Gasteiger charge is 2.29. The van der Waals surface area contributed by atoms with Gasteiger partial charge in [0.2, 0.25) is 0 Å². The van der Waals surface area contributed by atoms with Gasteiger partial charge in [0, 0.05) is 5.56 Å². The summed E-state index contributed by atoms with van der Waals surface area (Å²) in [6.07, 6.45) is -9.16. The van der Waals surface area contributed by atoms with E-state index in [4.69, 9.17) is 0 Å². The van der Waals surface area contributed by atoms with E-state index in [1.54, 1.807) is 5.32 Å². The molecule has 1 aromatic rings. The van der Waals surface area contributed by atoms with E-state index in [1.807, 2.05) is 0 Å². The van der Waals surface area contributed by atoms with E-state index in [0.717, 1.165) is 12.1 Å². The lowest BCUT2D eigenvalue weighted by atomic mass is 10.2. The molecule has 0 aliphatic rings. The van der Waals surface area contributed by atoms with Crippen LogP contribution in [0.25, 0.3) is 0 Å². The molecule has 0 saturated heterocycles. The normalized spacial score (nSPS) is 12.1. The largest absolute Gasteiger partial charge is 0.483 e. The number of alkyl halides is 6. The Bertz CT molecular complexity index is 514. The topological polar surface area (TPSA) is 38.3 Å². The average molecular weight is 380 g/mol. The van der Waals surface area contributed by atoms with Crippen LogP contribution in [0.1, 0.15) is 10.4 Å². The maximum atomic E-state index is 12.0. The number of rotatable bonds is 4. The van der Waals surface area contributed by atoms with Crippen molar-refractivity contribution in [1.29, 1.82) is 0 Å². The van der Waals surface area contributed by atoms with Crippen LogP contribution in [-0.4, -0.2) is 31.4 Å². The SMILES string of the molecule is O=C(NCC(F)(F)F)c1ccc(Br)c(OCC(F)(F)F)c1. The molecule has 21 heavy (non-hydrogen) atoms. The van der Waals surface area contributed by atoms with E-state index in [0.29, 0.717) is 0 Å². The summed E-state index contributed by atoms with van der Waals surface area (Å²) < 4.78 is 76.6. The van der Waals surface area contributed by atoms with Crippen molar-refractivity contribution in [3.63, 3.8) is 0 Å². The van der Waals surface area contributed by atoms with Gasteiger partial charge < -0.3 is 10.1 Å². The third kappa shape index (κ3) is 6.69. The van der Waals surface area contributed by atoms with Gasteiger partial charge >= 0.3 is 12.4 Å². The van der Waals surface area contributed by atoms with Gasteiger partial charge in [-0.15, -0.1) is 0 Å². The Hall–Kier alpha value is -1.45. The lowest BCUT2D eigenvalue weighted by molar-refractivity contribution is -0.153. The highest BCUT2D eigenvalue weighted by molar-refractivity contribution is 9.10. The van der Waals surface area contributed by atoms with Crippen molar-refractivity contribution in [2.24, 2.45) is 0 Å². The van der Waals surface area contributed by atoms with Crippen LogP contribution in [0, 0.1) is 0 Å². The van der Waals surface area contributed by atoms with E-state index in [2.05, 4.69) is 20.7 Å². The smallest absolute Gasteiger partial charge is 0.422 e. The molecular formula is C11H8BrF6NO2. The highest BCUT2D eigenvalue weighted by atomic mass is 79.9. The molecule has 3 nitrogen and oxygen atoms in total. The zero-order valence-corrected chi connectivity index (χ0v) is 11.7. The maximum Gasteiger partial charge on any atom is 0.422 e. The molecule has 10 heteroatoms. The van der Waals surface area contributed by atoms with E-state index in [9.17, 15) is 31.1 Å². The predicted octanol–water partition coefficient (Wildman–Crippen LogP) is 3.68. The Morgan fingerprint density at radius 1 is 1.14 bits per heavy atom. The zero-order valence-electron chi connectivity index (χ0n) is 10.1. The quantitative estimate of drug-likeness (QED) is 0.810. The first-order chi connectivity index (χ1) is 9.48. The molecule has 1 N–H and O–H groups in total. The molecule has 1 rings (SSSR count). The van der Waals surface area contributed by atoms with Crippen LogP contribution < -0.4 is 10.1 Å². The summed E-state index contributed by atoms with van der Waals surface area (Å²) in [6.45, 7) is -3.13. The number of hydrogen-bond donors (Lipinski definition) is 1. The summed E-state index contributed by atoms with van der Waals surface area (Å²) in [6, 6.07) is 3.27. The first kappa shape index (κ1) is 17.6. The van der Waals surface area contributed by atoms with E-state index < -0.39 is 31.4 Å². The van der Waals surface area contributed by atoms with Crippen LogP contribution in [0.2, 0.25) is 0 Å². The molecule has 1 aromatic carbocycles. The number of nitrogens with one attached hydrogen (secondary N) is 1. The fraction of sp³-hybridized carbons (Fsp3) is 0.364. The van der Waals surface area contributed by atoms with Gasteiger partial charge in [-0.2, -0.15) is 26.3 Å². The maximum absolute atomic E-state index is 12.0. The molecule has 0 fully saturated rings. The minimum Gasteiger partial charge on any atom is -0.483 e. The van der Waals surface area contributed by atoms with Gasteiger partial charge in [-0.05, 0) is 34.1 Å². The van der Waals surface area contributed by atoms with E-state index >= 15 is 0 Å². The molecule has 0 aliphatic carbocycles. The van der Waals surface area contributed by atoms with Gasteiger partial charge in [0.05, 0.1) is 4.47 Å². The van der Waals surface area contributed by atoms with E-state index in [1.165, 1.54) is 6.07 Å². The zero-order chi connectivity index (χ0) is 16.3. The predicted molar refractivity (Wildman–Crippen MR) is 64.1 cm³/mol. The average Bonchev–Trinajstić information content (AvgIpc) is 2.33. The highest BCUT2D eigenvalue weighted by Crippen LogP contribution is 2.28. The third-order valence-corrected chi connectivity index (χ3v) is 2.69. The number of ether oxygens (including phenoxy) is 1. The van der Waals surface area contributed by atoms with Crippen LogP contribution >= 0.6 is 15.9 Å². The van der Waals surface area contributed by atoms with Crippen molar-refractivity contribution in [3.05, 3.63) is 28.2 Å². The molecule has 0 aromatic heterocycles. The van der Waals surface area contributed by atoms with Gasteiger partial charge in [0.1, 0.15) is 12.3 Å². The van der Waals surface area contributed by atoms with Crippen molar-refractivity contribution in [1.82, 2.24) is 5.32 Å². The third-order valence-electron chi connectivity index (χ3n) is 2.03. The Morgan fingerprint density at radius 3 is 2.29 bits per heavy atom. The Balaban J connectivity index is 2.79. The minimum atomic E-state index is -4.58. The fourth-order valence-electron chi connectivity index (χ4n) is 1.20. The molecule has 118 valence electrons. The summed E-state index contributed by atoms with van der Waals surface area (Å²) in [7, 11) is 0. The molecule has 0 unspecified atom stereocenters. The summed E-state index contributed by atoms with van der Waals surface area (Å²) >= 11 is 2.91. The van der Waals surface area contributed by atoms with Crippen molar-refractivity contribution in [3.8, 4) is 5.75 Å². The van der Waals surface area contributed by atoms with Crippen LogP contribution in [0.3, 0.4) is 0 Å². The molecule has 1 amide bonds. The number of hydrogen-bond acceptors (Lipinski definition) is 2. The first-order valence-corrected chi connectivity index (χ1v) is 6.11. The molecule has 0 saturated carbocycles. The van der Waals surface area contributed by atoms with Crippen molar-refractivity contribution in [2.45, 2.75) is 12.4 Å². The van der Waals surface area contributed by atoms with Crippen LogP contribution in [0.4, 0.5) is 26.3 Å². The summed E-state index contributed by atoms with van der Waals surface area (Å²) in [5, 5.41) is 1.60. The molecule has 0 heterocycles. The second kappa shape index (κ2) is 6.54. The van der Waals surface area contributed by atoms with Crippen molar-refractivity contribution < 1.29 is 35.9 Å². The van der Waals surface area contributed by atoms with Gasteiger partial charge in [-0.3, -0.25) is 4.79 Å². The number of benzene rings is 1. The number of carbonyl (C=O) groups is 1. The monoisotopic (exact) mass is 379 g/mol. The Labute approximate surface area is 123 Å². The summed E-state index contributed by atoms with van der Waals surface area (Å²) in [4.78, 5) is 11.5. The van der Waals surface area contributed by atoms with Crippen LogP contribution in [0.5, 0.6) is 5.75 Å². The molecule has 0 spiro atoms. The van der Waals surface area contributed by atoms with Gasteiger partial charge in [-0.25, -0.2) is 0 Å². The summed E-state index contributed by atoms with van der Waals surface area (Å²) in [5.41, 5.74) is -0.250. The van der Waals surface area contributed by atoms with Crippen LogP contribution in [-0.2, 0) is 0 Å². The molecule has 0 radical (unpaired) electrons. The van der Waals surface area contributed by atoms with Crippen molar-refractivity contribution in [2.75, 3.05) is 13.2 Å². The lowest BCUT2D eigenvalue weighted by Crippen LogP contribution is -2.33. The lowest BCUT2D eigenvalue weighted by Gasteiger charge is -2.12. The van der Waals surface area contributed by atoms with Crippen molar-refractivity contribution >= 4 is 21.8 Å². The molecular weight excluding hydrogens is 372 g/mol. The molecule has 0 aliphatic heterocycles. The van der Waals surface area contributed by atoms with E-state index in [-0.39, 0.29) is 15.8 Å².